The highest BCUT2D eigenvalue weighted by molar-refractivity contribution is 5.84. The van der Waals surface area contributed by atoms with E-state index in [1.807, 2.05) is 6.92 Å². The van der Waals surface area contributed by atoms with E-state index in [0.717, 1.165) is 6.42 Å². The maximum Gasteiger partial charge on any atom is 0.326 e. The van der Waals surface area contributed by atoms with Crippen molar-refractivity contribution in [2.24, 2.45) is 0 Å². The van der Waals surface area contributed by atoms with Crippen LogP contribution in [0.1, 0.15) is 26.2 Å². The average molecular weight is 310 g/mol. The molecule has 0 aromatic heterocycles. The minimum absolute atomic E-state index is 0.0388. The van der Waals surface area contributed by atoms with Crippen molar-refractivity contribution in [1.82, 2.24) is 5.32 Å². The number of carbonyl (C=O) groups is 2. The van der Waals surface area contributed by atoms with Crippen molar-refractivity contribution in [2.75, 3.05) is 6.61 Å². The summed E-state index contributed by atoms with van der Waals surface area (Å²) in [6.45, 7) is 1.43. The number of nitro groups is 1. The van der Waals surface area contributed by atoms with Crippen LogP contribution in [0.2, 0.25) is 0 Å². The standard InChI is InChI=1S/C14H18N2O6/c1-2-3-6-10(14(18)19)15-13(17)9-22-12-8-5-4-7-11(12)16(20)21/h4-5,7-8,10H,2-3,6,9H2,1H3,(H,15,17)(H,18,19). The number of unbranched alkanes of at least 4 members (excludes halogenated alkanes) is 1. The lowest BCUT2D eigenvalue weighted by Crippen LogP contribution is -2.42. The minimum Gasteiger partial charge on any atom is -0.480 e. The number of carboxylic acids is 1. The van der Waals surface area contributed by atoms with Crippen LogP contribution in [0.4, 0.5) is 5.69 Å². The van der Waals surface area contributed by atoms with Crippen molar-refractivity contribution < 1.29 is 24.4 Å². The summed E-state index contributed by atoms with van der Waals surface area (Å²) in [5.41, 5.74) is -0.254. The van der Waals surface area contributed by atoms with Gasteiger partial charge in [-0.25, -0.2) is 4.79 Å². The van der Waals surface area contributed by atoms with Gasteiger partial charge < -0.3 is 15.2 Å². The van der Waals surface area contributed by atoms with Gasteiger partial charge in [0.25, 0.3) is 5.91 Å². The van der Waals surface area contributed by atoms with Crippen LogP contribution in [-0.4, -0.2) is 34.6 Å². The SMILES string of the molecule is CCCCC(NC(=O)COc1ccccc1[N+](=O)[O-])C(=O)O. The van der Waals surface area contributed by atoms with Crippen LogP contribution in [0, 0.1) is 10.1 Å². The zero-order valence-corrected chi connectivity index (χ0v) is 12.2. The molecule has 1 amide bonds. The lowest BCUT2D eigenvalue weighted by Gasteiger charge is -2.14. The molecule has 1 rings (SSSR count). The first-order valence-electron chi connectivity index (χ1n) is 6.84. The van der Waals surface area contributed by atoms with E-state index < -0.39 is 29.4 Å². The molecule has 0 aliphatic rings. The maximum absolute atomic E-state index is 11.7. The fraction of sp³-hybridized carbons (Fsp3) is 0.429. The number of ether oxygens (including phenoxy) is 1. The second-order valence-corrected chi connectivity index (χ2v) is 4.61. The molecule has 22 heavy (non-hydrogen) atoms. The summed E-state index contributed by atoms with van der Waals surface area (Å²) in [7, 11) is 0. The smallest absolute Gasteiger partial charge is 0.326 e. The second-order valence-electron chi connectivity index (χ2n) is 4.61. The van der Waals surface area contributed by atoms with E-state index in [2.05, 4.69) is 5.32 Å². The van der Waals surface area contributed by atoms with E-state index in [1.165, 1.54) is 18.2 Å². The van der Waals surface area contributed by atoms with E-state index in [4.69, 9.17) is 9.84 Å². The summed E-state index contributed by atoms with van der Waals surface area (Å²) in [6, 6.07) is 4.67. The van der Waals surface area contributed by atoms with Gasteiger partial charge in [-0.1, -0.05) is 31.9 Å². The Morgan fingerprint density at radius 3 is 2.68 bits per heavy atom. The highest BCUT2D eigenvalue weighted by Crippen LogP contribution is 2.25. The molecule has 8 nitrogen and oxygen atoms in total. The minimum atomic E-state index is -1.12. The van der Waals surface area contributed by atoms with E-state index in [9.17, 15) is 19.7 Å². The number of nitro benzene ring substituents is 1. The molecule has 1 aromatic rings. The molecule has 0 aliphatic heterocycles. The predicted molar refractivity (Wildman–Crippen MR) is 77.7 cm³/mol. The van der Waals surface area contributed by atoms with Crippen molar-refractivity contribution in [3.63, 3.8) is 0 Å². The van der Waals surface area contributed by atoms with Gasteiger partial charge in [-0.15, -0.1) is 0 Å². The van der Waals surface area contributed by atoms with Crippen molar-refractivity contribution in [3.05, 3.63) is 34.4 Å². The largest absolute Gasteiger partial charge is 0.480 e. The van der Waals surface area contributed by atoms with Crippen LogP contribution in [0.3, 0.4) is 0 Å². The Morgan fingerprint density at radius 1 is 1.41 bits per heavy atom. The normalized spacial score (nSPS) is 11.5. The number of hydrogen-bond donors (Lipinski definition) is 2. The van der Waals surface area contributed by atoms with Crippen molar-refractivity contribution in [2.45, 2.75) is 32.2 Å². The third-order valence-electron chi connectivity index (χ3n) is 2.90. The second kappa shape index (κ2) is 8.60. The Balaban J connectivity index is 2.59. The molecule has 1 aromatic carbocycles. The van der Waals surface area contributed by atoms with Crippen LogP contribution in [0.5, 0.6) is 5.75 Å². The van der Waals surface area contributed by atoms with Crippen LogP contribution in [0.25, 0.3) is 0 Å². The van der Waals surface area contributed by atoms with Gasteiger partial charge in [-0.3, -0.25) is 14.9 Å². The number of carbonyl (C=O) groups excluding carboxylic acids is 1. The third kappa shape index (κ3) is 5.39. The summed E-state index contributed by atoms with van der Waals surface area (Å²) in [4.78, 5) is 32.9. The lowest BCUT2D eigenvalue weighted by molar-refractivity contribution is -0.385. The zero-order chi connectivity index (χ0) is 16.5. The van der Waals surface area contributed by atoms with Gasteiger partial charge in [0.2, 0.25) is 0 Å². The molecule has 0 bridgehead atoms. The quantitative estimate of drug-likeness (QED) is 0.529. The van der Waals surface area contributed by atoms with Crippen molar-refractivity contribution >= 4 is 17.6 Å². The van der Waals surface area contributed by atoms with E-state index in [1.54, 1.807) is 6.07 Å². The van der Waals surface area contributed by atoms with Gasteiger partial charge in [0.05, 0.1) is 4.92 Å². The zero-order valence-electron chi connectivity index (χ0n) is 12.2. The Morgan fingerprint density at radius 2 is 2.09 bits per heavy atom. The summed E-state index contributed by atoms with van der Waals surface area (Å²) in [5.74, 6) is -1.79. The summed E-state index contributed by atoms with van der Waals surface area (Å²) >= 11 is 0. The number of hydrogen-bond acceptors (Lipinski definition) is 5. The van der Waals surface area contributed by atoms with Gasteiger partial charge in [-0.05, 0) is 12.5 Å². The van der Waals surface area contributed by atoms with Gasteiger partial charge in [0.1, 0.15) is 6.04 Å². The molecule has 0 fully saturated rings. The molecule has 0 radical (unpaired) electrons. The molecule has 0 heterocycles. The molecule has 0 aliphatic carbocycles. The number of nitrogens with one attached hydrogen (secondary N) is 1. The number of benzene rings is 1. The molecule has 8 heteroatoms. The third-order valence-corrected chi connectivity index (χ3v) is 2.90. The molecule has 120 valence electrons. The Kier molecular flexibility index (Phi) is 6.81. The van der Waals surface area contributed by atoms with E-state index in [-0.39, 0.29) is 11.4 Å². The highest BCUT2D eigenvalue weighted by atomic mass is 16.6. The molecule has 0 saturated carbocycles. The number of rotatable bonds is 9. The summed E-state index contributed by atoms with van der Waals surface area (Å²) in [6.07, 6.45) is 1.80. The number of para-hydroxylation sites is 2. The summed E-state index contributed by atoms with van der Waals surface area (Å²) in [5, 5.41) is 22.1. The Hall–Kier alpha value is -2.64. The van der Waals surface area contributed by atoms with E-state index in [0.29, 0.717) is 12.8 Å². The molecular formula is C14H18N2O6. The van der Waals surface area contributed by atoms with Gasteiger partial charge in [0.15, 0.2) is 12.4 Å². The van der Waals surface area contributed by atoms with Crippen molar-refractivity contribution in [1.29, 1.82) is 0 Å². The van der Waals surface area contributed by atoms with Crippen molar-refractivity contribution in [3.8, 4) is 5.75 Å². The average Bonchev–Trinajstić information content (AvgIpc) is 2.49. The monoisotopic (exact) mass is 310 g/mol. The Bertz CT molecular complexity index is 546. The first-order valence-corrected chi connectivity index (χ1v) is 6.84. The van der Waals surface area contributed by atoms with Gasteiger partial charge in [-0.2, -0.15) is 0 Å². The molecule has 0 spiro atoms. The fourth-order valence-corrected chi connectivity index (χ4v) is 1.77. The highest BCUT2D eigenvalue weighted by Gasteiger charge is 2.20. The first kappa shape index (κ1) is 17.4. The number of nitrogens with zero attached hydrogens (tertiary/aromatic N) is 1. The van der Waals surface area contributed by atoms with Crippen LogP contribution < -0.4 is 10.1 Å². The number of aliphatic carboxylic acids is 1. The fourth-order valence-electron chi connectivity index (χ4n) is 1.77. The number of carboxylic acid groups (broad SMARTS) is 1. The maximum atomic E-state index is 11.7. The van der Waals surface area contributed by atoms with Crippen LogP contribution in [0.15, 0.2) is 24.3 Å². The molecule has 0 saturated heterocycles. The first-order chi connectivity index (χ1) is 10.5. The molecular weight excluding hydrogens is 292 g/mol. The van der Waals surface area contributed by atoms with Gasteiger partial charge in [0, 0.05) is 6.07 Å². The van der Waals surface area contributed by atoms with Gasteiger partial charge >= 0.3 is 11.7 Å². The van der Waals surface area contributed by atoms with Crippen LogP contribution in [-0.2, 0) is 9.59 Å². The Labute approximate surface area is 127 Å². The van der Waals surface area contributed by atoms with E-state index >= 15 is 0 Å². The summed E-state index contributed by atoms with van der Waals surface area (Å²) < 4.78 is 5.10. The topological polar surface area (TPSA) is 119 Å². The predicted octanol–water partition coefficient (Wildman–Crippen LogP) is 1.73. The molecule has 1 unspecified atom stereocenters. The molecule has 2 N–H and O–H groups in total. The molecule has 1 atom stereocenters. The van der Waals surface area contributed by atoms with Crippen LogP contribution >= 0.6 is 0 Å². The lowest BCUT2D eigenvalue weighted by atomic mass is 10.1. The number of amides is 1.